The van der Waals surface area contributed by atoms with Gasteiger partial charge in [0.25, 0.3) is 0 Å². The number of halogens is 3. The van der Waals surface area contributed by atoms with Gasteiger partial charge in [0.2, 0.25) is 0 Å². The lowest BCUT2D eigenvalue weighted by molar-refractivity contribution is -0.137. The van der Waals surface area contributed by atoms with E-state index in [-0.39, 0.29) is 6.10 Å². The number of alkyl halides is 3. The number of hydrogen-bond donors (Lipinski definition) is 1. The number of ether oxygens (including phenoxy) is 1. The molecule has 1 fully saturated rings. The van der Waals surface area contributed by atoms with Crippen molar-refractivity contribution in [2.45, 2.75) is 31.5 Å². The van der Waals surface area contributed by atoms with Crippen LogP contribution in [0.3, 0.4) is 0 Å². The molecule has 3 rings (SSSR count). The van der Waals surface area contributed by atoms with Gasteiger partial charge < -0.3 is 15.0 Å². The highest BCUT2D eigenvalue weighted by atomic mass is 19.4. The van der Waals surface area contributed by atoms with Gasteiger partial charge in [-0.1, -0.05) is 32.0 Å². The van der Waals surface area contributed by atoms with Crippen LogP contribution in [0.5, 0.6) is 0 Å². The fourth-order valence-corrected chi connectivity index (χ4v) is 3.50. The van der Waals surface area contributed by atoms with Gasteiger partial charge in [0.15, 0.2) is 5.96 Å². The zero-order valence-corrected chi connectivity index (χ0v) is 17.7. The number of aromatic nitrogens is 2. The lowest BCUT2D eigenvalue weighted by Gasteiger charge is -2.36. The Hall–Kier alpha value is -2.55. The van der Waals surface area contributed by atoms with Crippen LogP contribution in [-0.2, 0) is 23.4 Å². The Labute approximate surface area is 174 Å². The van der Waals surface area contributed by atoms with Gasteiger partial charge in [-0.3, -0.25) is 9.67 Å². The van der Waals surface area contributed by atoms with E-state index in [0.29, 0.717) is 37.8 Å². The standard InChI is InChI=1S/C21H28F3N5O/c1-20(2,16-6-5-7-17(10-16)21(22,23)24)14-26-19(25-3)29-8-9-30-18(13-29)15-11-27-28(4)12-15/h5-7,10-12,18H,8-9,13-14H2,1-4H3,(H,25,26). The maximum Gasteiger partial charge on any atom is 0.416 e. The van der Waals surface area contributed by atoms with Gasteiger partial charge in [0, 0.05) is 44.4 Å². The third-order valence-electron chi connectivity index (χ3n) is 5.33. The fraction of sp³-hybridized carbons (Fsp3) is 0.524. The quantitative estimate of drug-likeness (QED) is 0.605. The first kappa shape index (κ1) is 22.1. The number of morpholine rings is 1. The summed E-state index contributed by atoms with van der Waals surface area (Å²) in [5, 5.41) is 7.53. The molecule has 1 aliphatic rings. The van der Waals surface area contributed by atoms with E-state index in [1.54, 1.807) is 24.0 Å². The van der Waals surface area contributed by atoms with Gasteiger partial charge in [0.1, 0.15) is 6.10 Å². The van der Waals surface area contributed by atoms with Crippen LogP contribution in [0.4, 0.5) is 13.2 Å². The van der Waals surface area contributed by atoms with Crippen molar-refractivity contribution in [2.24, 2.45) is 12.0 Å². The van der Waals surface area contributed by atoms with Crippen molar-refractivity contribution in [1.82, 2.24) is 20.0 Å². The van der Waals surface area contributed by atoms with Gasteiger partial charge in [-0.15, -0.1) is 0 Å². The number of nitrogens with zero attached hydrogens (tertiary/aromatic N) is 4. The zero-order valence-electron chi connectivity index (χ0n) is 17.7. The second-order valence-corrected chi connectivity index (χ2v) is 8.12. The Bertz CT molecular complexity index is 891. The van der Waals surface area contributed by atoms with Crippen molar-refractivity contribution in [3.63, 3.8) is 0 Å². The SMILES string of the molecule is CN=C(NCC(C)(C)c1cccc(C(F)(F)F)c1)N1CCOC(c2cnn(C)c2)C1. The number of guanidine groups is 1. The third kappa shape index (κ3) is 5.13. The Morgan fingerprint density at radius 3 is 2.67 bits per heavy atom. The predicted molar refractivity (Wildman–Crippen MR) is 109 cm³/mol. The molecule has 1 saturated heterocycles. The molecular formula is C21H28F3N5O. The summed E-state index contributed by atoms with van der Waals surface area (Å²) >= 11 is 0. The van der Waals surface area contributed by atoms with Crippen LogP contribution in [-0.4, -0.2) is 53.9 Å². The zero-order chi connectivity index (χ0) is 21.9. The highest BCUT2D eigenvalue weighted by Crippen LogP contribution is 2.32. The molecule has 2 aromatic rings. The van der Waals surface area contributed by atoms with Gasteiger partial charge in [0.05, 0.1) is 24.9 Å². The van der Waals surface area contributed by atoms with Gasteiger partial charge >= 0.3 is 6.18 Å². The minimum atomic E-state index is -4.36. The van der Waals surface area contributed by atoms with E-state index in [2.05, 4.69) is 20.3 Å². The summed E-state index contributed by atoms with van der Waals surface area (Å²) in [6.45, 7) is 6.13. The monoisotopic (exact) mass is 423 g/mol. The van der Waals surface area contributed by atoms with Crippen LogP contribution in [0, 0.1) is 0 Å². The average Bonchev–Trinajstić information content (AvgIpc) is 3.14. The summed E-state index contributed by atoms with van der Waals surface area (Å²) in [7, 11) is 3.56. The van der Waals surface area contributed by atoms with Crippen LogP contribution >= 0.6 is 0 Å². The molecule has 1 aromatic carbocycles. The molecule has 1 N–H and O–H groups in total. The summed E-state index contributed by atoms with van der Waals surface area (Å²) in [5.41, 5.74) is 0.467. The Morgan fingerprint density at radius 1 is 1.30 bits per heavy atom. The Balaban J connectivity index is 1.67. The van der Waals surface area contributed by atoms with Crippen molar-refractivity contribution in [3.05, 3.63) is 53.3 Å². The second-order valence-electron chi connectivity index (χ2n) is 8.12. The molecule has 6 nitrogen and oxygen atoms in total. The van der Waals surface area contributed by atoms with E-state index in [0.717, 1.165) is 11.6 Å². The molecule has 9 heteroatoms. The molecule has 1 aromatic heterocycles. The normalized spacial score (nSPS) is 18.6. The molecule has 0 amide bonds. The van der Waals surface area contributed by atoms with Crippen LogP contribution in [0.2, 0.25) is 0 Å². The molecule has 1 aliphatic heterocycles. The first-order valence-electron chi connectivity index (χ1n) is 9.83. The lowest BCUT2D eigenvalue weighted by Crippen LogP contribution is -2.50. The average molecular weight is 423 g/mol. The van der Waals surface area contributed by atoms with Crippen LogP contribution < -0.4 is 5.32 Å². The van der Waals surface area contributed by atoms with E-state index in [4.69, 9.17) is 4.74 Å². The van der Waals surface area contributed by atoms with E-state index < -0.39 is 17.2 Å². The van der Waals surface area contributed by atoms with Crippen LogP contribution in [0.25, 0.3) is 0 Å². The highest BCUT2D eigenvalue weighted by Gasteiger charge is 2.32. The fourth-order valence-electron chi connectivity index (χ4n) is 3.50. The number of aliphatic imine (C=N–C) groups is 1. The smallest absolute Gasteiger partial charge is 0.370 e. The molecule has 0 spiro atoms. The van der Waals surface area contributed by atoms with Gasteiger partial charge in [-0.05, 0) is 11.6 Å². The van der Waals surface area contributed by atoms with E-state index >= 15 is 0 Å². The second kappa shape index (κ2) is 8.67. The van der Waals surface area contributed by atoms with E-state index in [1.807, 2.05) is 27.1 Å². The van der Waals surface area contributed by atoms with Crippen LogP contribution in [0.1, 0.15) is 36.6 Å². The van der Waals surface area contributed by atoms with Crippen molar-refractivity contribution >= 4 is 5.96 Å². The minimum Gasteiger partial charge on any atom is -0.370 e. The molecule has 164 valence electrons. The predicted octanol–water partition coefficient (Wildman–Crippen LogP) is 3.37. The number of benzene rings is 1. The number of hydrogen-bond acceptors (Lipinski definition) is 3. The van der Waals surface area contributed by atoms with Gasteiger partial charge in [-0.2, -0.15) is 18.3 Å². The molecule has 1 unspecified atom stereocenters. The summed E-state index contributed by atoms with van der Waals surface area (Å²) in [4.78, 5) is 6.47. The molecule has 30 heavy (non-hydrogen) atoms. The maximum absolute atomic E-state index is 13.1. The highest BCUT2D eigenvalue weighted by molar-refractivity contribution is 5.80. The number of nitrogens with one attached hydrogen (secondary N) is 1. The first-order chi connectivity index (χ1) is 14.1. The van der Waals surface area contributed by atoms with Crippen molar-refractivity contribution in [3.8, 4) is 0 Å². The number of rotatable bonds is 4. The van der Waals surface area contributed by atoms with Crippen LogP contribution in [0.15, 0.2) is 41.7 Å². The molecule has 0 aliphatic carbocycles. The molecular weight excluding hydrogens is 395 g/mol. The third-order valence-corrected chi connectivity index (χ3v) is 5.33. The maximum atomic E-state index is 13.1. The summed E-state index contributed by atoms with van der Waals surface area (Å²) < 4.78 is 46.9. The Morgan fingerprint density at radius 2 is 2.03 bits per heavy atom. The minimum absolute atomic E-state index is 0.109. The molecule has 0 saturated carbocycles. The van der Waals surface area contributed by atoms with Crippen molar-refractivity contribution < 1.29 is 17.9 Å². The van der Waals surface area contributed by atoms with Gasteiger partial charge in [-0.25, -0.2) is 0 Å². The summed E-state index contributed by atoms with van der Waals surface area (Å²) in [6, 6.07) is 5.50. The molecule has 0 radical (unpaired) electrons. The van der Waals surface area contributed by atoms with E-state index in [9.17, 15) is 13.2 Å². The number of aryl methyl sites for hydroxylation is 1. The summed E-state index contributed by atoms with van der Waals surface area (Å²) in [5.74, 6) is 0.701. The first-order valence-corrected chi connectivity index (χ1v) is 9.83. The summed E-state index contributed by atoms with van der Waals surface area (Å²) in [6.07, 6.45) is -0.741. The lowest BCUT2D eigenvalue weighted by atomic mass is 9.84. The molecule has 1 atom stereocenters. The van der Waals surface area contributed by atoms with Crippen molar-refractivity contribution in [2.75, 3.05) is 33.3 Å². The largest absolute Gasteiger partial charge is 0.416 e. The van der Waals surface area contributed by atoms with E-state index in [1.165, 1.54) is 12.1 Å². The molecule has 2 heterocycles. The molecule has 0 bridgehead atoms. The Kier molecular flexibility index (Phi) is 6.40. The van der Waals surface area contributed by atoms with Crippen molar-refractivity contribution in [1.29, 1.82) is 0 Å². The topological polar surface area (TPSA) is 54.7 Å².